The molecule has 68 valence electrons. The number of nitrogens with zero attached hydrogens (tertiary/aromatic N) is 1. The van der Waals surface area contributed by atoms with Crippen LogP contribution in [-0.4, -0.2) is 11.4 Å². The normalized spacial score (nSPS) is 16.5. The molecular formula is C7H10F2N2S. The number of alkyl halides is 2. The summed E-state index contributed by atoms with van der Waals surface area (Å²) in [6, 6.07) is 0. The van der Waals surface area contributed by atoms with Gasteiger partial charge in [0.2, 0.25) is 0 Å². The van der Waals surface area contributed by atoms with Gasteiger partial charge in [-0.3, -0.25) is 0 Å². The van der Waals surface area contributed by atoms with Gasteiger partial charge in [-0.2, -0.15) is 0 Å². The van der Waals surface area contributed by atoms with E-state index in [0.717, 1.165) is 5.01 Å². The minimum absolute atomic E-state index is 0.264. The lowest BCUT2D eigenvalue weighted by atomic mass is 10.0. The zero-order valence-corrected chi connectivity index (χ0v) is 7.66. The van der Waals surface area contributed by atoms with Crippen molar-refractivity contribution in [3.05, 3.63) is 16.1 Å². The second-order valence-electron chi connectivity index (χ2n) is 2.84. The smallest absolute Gasteiger partial charge is 0.261 e. The molecule has 2 nitrogen and oxygen atoms in total. The quantitative estimate of drug-likeness (QED) is 0.777. The number of halogens is 2. The van der Waals surface area contributed by atoms with Crippen molar-refractivity contribution in [2.45, 2.75) is 25.8 Å². The fourth-order valence-corrected chi connectivity index (χ4v) is 1.46. The highest BCUT2D eigenvalue weighted by molar-refractivity contribution is 7.09. The lowest BCUT2D eigenvalue weighted by Gasteiger charge is -2.20. The highest BCUT2D eigenvalue weighted by atomic mass is 32.1. The Balaban J connectivity index is 2.97. The lowest BCUT2D eigenvalue weighted by molar-refractivity contribution is 0.0605. The first-order valence-electron chi connectivity index (χ1n) is 3.44. The predicted molar refractivity (Wildman–Crippen MR) is 44.4 cm³/mol. The van der Waals surface area contributed by atoms with Crippen LogP contribution in [0.2, 0.25) is 0 Å². The van der Waals surface area contributed by atoms with Crippen LogP contribution in [0.1, 0.15) is 17.6 Å². The maximum atomic E-state index is 12.3. The molecule has 0 spiro atoms. The van der Waals surface area contributed by atoms with E-state index in [4.69, 9.17) is 5.73 Å². The summed E-state index contributed by atoms with van der Waals surface area (Å²) in [4.78, 5) is 3.92. The van der Waals surface area contributed by atoms with Crippen molar-refractivity contribution < 1.29 is 8.78 Å². The Hall–Kier alpha value is -0.550. The third-order valence-corrected chi connectivity index (χ3v) is 2.40. The molecule has 0 aliphatic heterocycles. The number of aromatic nitrogens is 1. The minimum atomic E-state index is -2.58. The van der Waals surface area contributed by atoms with E-state index in [1.807, 2.05) is 0 Å². The fourth-order valence-electron chi connectivity index (χ4n) is 0.723. The molecule has 1 aromatic heterocycles. The Labute approximate surface area is 73.4 Å². The molecule has 0 aliphatic rings. The first-order valence-corrected chi connectivity index (χ1v) is 4.32. The van der Waals surface area contributed by atoms with Crippen molar-refractivity contribution in [2.75, 3.05) is 0 Å². The minimum Gasteiger partial charge on any atom is -0.316 e. The maximum absolute atomic E-state index is 12.3. The van der Waals surface area contributed by atoms with Gasteiger partial charge in [-0.05, 0) is 13.8 Å². The molecule has 1 heterocycles. The molecule has 0 aliphatic carbocycles. The van der Waals surface area contributed by atoms with Gasteiger partial charge in [-0.25, -0.2) is 13.8 Å². The highest BCUT2D eigenvalue weighted by Crippen LogP contribution is 2.25. The molecule has 0 amide bonds. The van der Waals surface area contributed by atoms with Crippen LogP contribution < -0.4 is 5.73 Å². The number of nitrogens with two attached hydrogens (primary N) is 1. The summed E-state index contributed by atoms with van der Waals surface area (Å²) in [7, 11) is 0. The highest BCUT2D eigenvalue weighted by Gasteiger charge is 2.34. The van der Waals surface area contributed by atoms with E-state index in [9.17, 15) is 8.78 Å². The van der Waals surface area contributed by atoms with E-state index >= 15 is 0 Å². The van der Waals surface area contributed by atoms with Crippen molar-refractivity contribution in [3.63, 3.8) is 0 Å². The SMILES string of the molecule is Cc1nc(C(C)(N)C(F)F)cs1. The molecular weight excluding hydrogens is 182 g/mol. The molecule has 0 saturated heterocycles. The molecule has 0 saturated carbocycles. The van der Waals surface area contributed by atoms with Gasteiger partial charge in [-0.1, -0.05) is 0 Å². The Morgan fingerprint density at radius 1 is 1.67 bits per heavy atom. The van der Waals surface area contributed by atoms with Crippen LogP contribution in [0.3, 0.4) is 0 Å². The van der Waals surface area contributed by atoms with Crippen molar-refractivity contribution >= 4 is 11.3 Å². The molecule has 0 fully saturated rings. The number of hydrogen-bond acceptors (Lipinski definition) is 3. The molecule has 5 heteroatoms. The molecule has 1 rings (SSSR count). The molecule has 1 atom stereocenters. The van der Waals surface area contributed by atoms with Crippen molar-refractivity contribution in [2.24, 2.45) is 5.73 Å². The topological polar surface area (TPSA) is 38.9 Å². The van der Waals surface area contributed by atoms with Gasteiger partial charge in [0.25, 0.3) is 6.43 Å². The van der Waals surface area contributed by atoms with E-state index in [0.29, 0.717) is 0 Å². The van der Waals surface area contributed by atoms with E-state index < -0.39 is 12.0 Å². The summed E-state index contributed by atoms with van der Waals surface area (Å²) < 4.78 is 24.7. The fraction of sp³-hybridized carbons (Fsp3) is 0.571. The molecule has 1 unspecified atom stereocenters. The standard InChI is InChI=1S/C7H10F2N2S/c1-4-11-5(3-12-4)7(2,10)6(8)9/h3,6H,10H2,1-2H3. The molecule has 0 radical (unpaired) electrons. The Kier molecular flexibility index (Phi) is 2.44. The summed E-state index contributed by atoms with van der Waals surface area (Å²) in [5.74, 6) is 0. The third-order valence-electron chi connectivity index (χ3n) is 1.62. The third kappa shape index (κ3) is 1.61. The van der Waals surface area contributed by atoms with Crippen LogP contribution in [0.5, 0.6) is 0 Å². The molecule has 12 heavy (non-hydrogen) atoms. The summed E-state index contributed by atoms with van der Waals surface area (Å²) in [5.41, 5.74) is 4.03. The Bertz CT molecular complexity index is 270. The maximum Gasteiger partial charge on any atom is 0.261 e. The zero-order chi connectivity index (χ0) is 9.35. The van der Waals surface area contributed by atoms with Crippen LogP contribution in [0, 0.1) is 6.92 Å². The van der Waals surface area contributed by atoms with E-state index in [2.05, 4.69) is 4.98 Å². The van der Waals surface area contributed by atoms with Gasteiger partial charge >= 0.3 is 0 Å². The molecule has 1 aromatic rings. The van der Waals surface area contributed by atoms with E-state index in [-0.39, 0.29) is 5.69 Å². The summed E-state index contributed by atoms with van der Waals surface area (Å²) >= 11 is 1.32. The molecule has 0 aromatic carbocycles. The summed E-state index contributed by atoms with van der Waals surface area (Å²) in [6.07, 6.45) is -2.58. The van der Waals surface area contributed by atoms with Crippen molar-refractivity contribution in [3.8, 4) is 0 Å². The lowest BCUT2D eigenvalue weighted by Crippen LogP contribution is -2.40. The summed E-state index contributed by atoms with van der Waals surface area (Å²) in [6.45, 7) is 3.04. The largest absolute Gasteiger partial charge is 0.316 e. The average molecular weight is 192 g/mol. The van der Waals surface area contributed by atoms with Gasteiger partial charge in [0.05, 0.1) is 10.7 Å². The zero-order valence-electron chi connectivity index (χ0n) is 6.84. The van der Waals surface area contributed by atoms with Gasteiger partial charge in [0.15, 0.2) is 0 Å². The van der Waals surface area contributed by atoms with Gasteiger partial charge in [-0.15, -0.1) is 11.3 Å². The molecule has 2 N–H and O–H groups in total. The number of hydrogen-bond donors (Lipinski definition) is 1. The van der Waals surface area contributed by atoms with Crippen LogP contribution in [-0.2, 0) is 5.54 Å². The average Bonchev–Trinajstić information content (AvgIpc) is 2.35. The second-order valence-corrected chi connectivity index (χ2v) is 3.90. The first-order chi connectivity index (χ1) is 5.44. The van der Waals surface area contributed by atoms with Gasteiger partial charge in [0.1, 0.15) is 5.54 Å². The summed E-state index contributed by atoms with van der Waals surface area (Å²) in [5, 5.41) is 2.32. The van der Waals surface area contributed by atoms with Crippen molar-refractivity contribution in [1.29, 1.82) is 0 Å². The van der Waals surface area contributed by atoms with Gasteiger partial charge < -0.3 is 5.73 Å². The van der Waals surface area contributed by atoms with Crippen LogP contribution in [0.4, 0.5) is 8.78 Å². The Morgan fingerprint density at radius 3 is 2.58 bits per heavy atom. The number of rotatable bonds is 2. The first kappa shape index (κ1) is 9.54. The van der Waals surface area contributed by atoms with Crippen LogP contribution in [0.25, 0.3) is 0 Å². The van der Waals surface area contributed by atoms with Crippen LogP contribution >= 0.6 is 11.3 Å². The Morgan fingerprint density at radius 2 is 2.25 bits per heavy atom. The van der Waals surface area contributed by atoms with Crippen LogP contribution in [0.15, 0.2) is 5.38 Å². The monoisotopic (exact) mass is 192 g/mol. The predicted octanol–water partition coefficient (Wildman–Crippen LogP) is 1.89. The number of thiazole rings is 1. The number of aryl methyl sites for hydroxylation is 1. The second kappa shape index (κ2) is 3.06. The van der Waals surface area contributed by atoms with Gasteiger partial charge in [0, 0.05) is 5.38 Å². The van der Waals surface area contributed by atoms with Crippen molar-refractivity contribution in [1.82, 2.24) is 4.98 Å². The van der Waals surface area contributed by atoms with E-state index in [1.165, 1.54) is 18.3 Å². The van der Waals surface area contributed by atoms with E-state index in [1.54, 1.807) is 12.3 Å². The molecule has 0 bridgehead atoms.